The lowest BCUT2D eigenvalue weighted by Crippen LogP contribution is -2.70. The molecule has 3 saturated heterocycles. The normalized spacial score (nSPS) is 29.5. The molecular weight excluding hydrogens is 1120 g/mol. The van der Waals surface area contributed by atoms with Gasteiger partial charge < -0.3 is 100 Å². The Bertz CT molecular complexity index is 1850. The third-order valence-corrected chi connectivity index (χ3v) is 16.6. The Kier molecular flexibility index (Phi) is 40.2. The lowest BCUT2D eigenvalue weighted by Gasteiger charge is -2.50. The minimum Gasteiger partial charge on any atom is -0.477 e. The predicted molar refractivity (Wildman–Crippen MR) is 320 cm³/mol. The van der Waals surface area contributed by atoms with Crippen molar-refractivity contribution in [1.82, 2.24) is 10.6 Å². The van der Waals surface area contributed by atoms with Crippen LogP contribution < -0.4 is 10.6 Å². The van der Waals surface area contributed by atoms with Crippen molar-refractivity contribution in [3.8, 4) is 0 Å². The highest BCUT2D eigenvalue weighted by atomic mass is 16.8. The molecule has 0 aromatic heterocycles. The molecule has 23 nitrogen and oxygen atoms in total. The average molecular weight is 1240 g/mol. The van der Waals surface area contributed by atoms with Crippen molar-refractivity contribution in [2.24, 2.45) is 0 Å². The van der Waals surface area contributed by atoms with Gasteiger partial charge in [0.05, 0.1) is 50.7 Å². The molecule has 0 aliphatic carbocycles. The molecule has 2 amide bonds. The maximum atomic E-state index is 13.4. The van der Waals surface area contributed by atoms with Crippen LogP contribution in [0, 0.1) is 0 Å². The van der Waals surface area contributed by atoms with Gasteiger partial charge >= 0.3 is 5.97 Å². The van der Waals surface area contributed by atoms with Gasteiger partial charge in [0, 0.05) is 19.8 Å². The fourth-order valence-corrected chi connectivity index (χ4v) is 11.3. The van der Waals surface area contributed by atoms with Crippen LogP contribution in [0.25, 0.3) is 0 Å². The van der Waals surface area contributed by atoms with Crippen LogP contribution in [0.5, 0.6) is 0 Å². The van der Waals surface area contributed by atoms with Crippen molar-refractivity contribution >= 4 is 17.8 Å². The van der Waals surface area contributed by atoms with Gasteiger partial charge in [-0.25, -0.2) is 4.79 Å². The summed E-state index contributed by atoms with van der Waals surface area (Å²) in [6.07, 6.45) is 12.3. The highest BCUT2D eigenvalue weighted by molar-refractivity contribution is 5.77. The second-order valence-corrected chi connectivity index (χ2v) is 24.0. The zero-order valence-electron chi connectivity index (χ0n) is 51.9. The van der Waals surface area contributed by atoms with Crippen LogP contribution in [0.3, 0.4) is 0 Å². The first-order valence-corrected chi connectivity index (χ1v) is 32.7. The van der Waals surface area contributed by atoms with Gasteiger partial charge in [-0.15, -0.1) is 0 Å². The largest absolute Gasteiger partial charge is 0.477 e. The Morgan fingerprint density at radius 1 is 0.605 bits per heavy atom. The highest BCUT2D eigenvalue weighted by Crippen LogP contribution is 2.38. The first-order valence-electron chi connectivity index (χ1n) is 32.7. The Morgan fingerprint density at radius 2 is 1.09 bits per heavy atom. The third kappa shape index (κ3) is 27.8. The van der Waals surface area contributed by atoms with Crippen molar-refractivity contribution < 1.29 is 104 Å². The number of nitrogens with one attached hydrogen (secondary N) is 2. The van der Waals surface area contributed by atoms with E-state index in [1.165, 1.54) is 122 Å². The zero-order chi connectivity index (χ0) is 63.3. The first-order chi connectivity index (χ1) is 41.4. The summed E-state index contributed by atoms with van der Waals surface area (Å²) in [5, 5.41) is 136. The van der Waals surface area contributed by atoms with Crippen LogP contribution in [0.2, 0.25) is 0 Å². The number of carbonyl (C=O) groups excluding carboxylic acids is 2. The van der Waals surface area contributed by atoms with E-state index in [0.29, 0.717) is 12.8 Å². The van der Waals surface area contributed by atoms with Gasteiger partial charge in [-0.2, -0.15) is 0 Å². The molecule has 0 spiro atoms. The molecule has 18 unspecified atom stereocenters. The molecule has 3 aliphatic rings. The minimum atomic E-state index is -3.08. The molecule has 0 saturated carbocycles. The number of hydrogen-bond acceptors (Lipinski definition) is 20. The molecule has 0 radical (unpaired) electrons. The minimum absolute atomic E-state index is 0.198. The van der Waals surface area contributed by atoms with Crippen molar-refractivity contribution in [3.63, 3.8) is 0 Å². The second kappa shape index (κ2) is 44.6. The van der Waals surface area contributed by atoms with Crippen molar-refractivity contribution in [2.45, 2.75) is 330 Å². The van der Waals surface area contributed by atoms with Gasteiger partial charge in [0.25, 0.3) is 5.79 Å². The van der Waals surface area contributed by atoms with Crippen LogP contribution in [0.15, 0.2) is 24.3 Å². The third-order valence-electron chi connectivity index (χ3n) is 16.6. The van der Waals surface area contributed by atoms with E-state index < -0.39 is 155 Å². The smallest absolute Gasteiger partial charge is 0.364 e. The van der Waals surface area contributed by atoms with E-state index in [-0.39, 0.29) is 12.3 Å². The maximum Gasteiger partial charge on any atom is 0.364 e. The Hall–Kier alpha value is -2.79. The van der Waals surface area contributed by atoms with E-state index in [1.807, 2.05) is 6.08 Å². The quantitative estimate of drug-likeness (QED) is 0.0294. The molecule has 3 fully saturated rings. The molecule has 0 bridgehead atoms. The van der Waals surface area contributed by atoms with E-state index in [9.17, 15) is 75.7 Å². The molecule has 0 aromatic carbocycles. The van der Waals surface area contributed by atoms with Gasteiger partial charge in [-0.1, -0.05) is 179 Å². The molecule has 3 heterocycles. The van der Waals surface area contributed by atoms with Gasteiger partial charge in [-0.3, -0.25) is 9.59 Å². The number of unbranched alkanes of at least 4 members (excludes halogenated alkanes) is 26. The van der Waals surface area contributed by atoms with Gasteiger partial charge in [0.15, 0.2) is 12.6 Å². The predicted octanol–water partition coefficient (Wildman–Crippen LogP) is 4.50. The summed E-state index contributed by atoms with van der Waals surface area (Å²) in [6, 6.07) is -2.62. The number of amides is 2. The van der Waals surface area contributed by atoms with Gasteiger partial charge in [0.1, 0.15) is 67.1 Å². The number of aliphatic carboxylic acids is 1. The molecular formula is C63H114N2O21. The summed E-state index contributed by atoms with van der Waals surface area (Å²) < 4.78 is 34.7. The van der Waals surface area contributed by atoms with Crippen molar-refractivity contribution in [2.75, 3.05) is 26.4 Å². The highest BCUT2D eigenvalue weighted by Gasteiger charge is 2.60. The van der Waals surface area contributed by atoms with Crippen molar-refractivity contribution in [3.05, 3.63) is 24.3 Å². The molecule has 3 rings (SSSR count). The number of aliphatic hydroxyl groups is 11. The first kappa shape index (κ1) is 77.5. The number of rotatable bonds is 48. The van der Waals surface area contributed by atoms with E-state index in [0.717, 1.165) is 58.3 Å². The topological polar surface area (TPSA) is 373 Å². The van der Waals surface area contributed by atoms with Crippen LogP contribution in [-0.4, -0.2) is 215 Å². The van der Waals surface area contributed by atoms with Crippen LogP contribution in [0.1, 0.15) is 220 Å². The number of carbonyl (C=O) groups is 3. The van der Waals surface area contributed by atoms with E-state index in [1.54, 1.807) is 6.08 Å². The Labute approximate surface area is 511 Å². The van der Waals surface area contributed by atoms with Crippen LogP contribution in [0.4, 0.5) is 0 Å². The molecule has 502 valence electrons. The SMILES string of the molecule is CCCCCCCCC=CCCCCCCCCCCCC(=O)NC(COC1OC(CO)C(OC2OC(CO)C(O)C(OC3(C(=O)O)CC(O)C(NC(C)=O)C(C(O)C(O)CO)O3)C2O)C(O)C1O)C(O)C=CCCCCCCCCCCCCC. The fourth-order valence-electron chi connectivity index (χ4n) is 11.3. The number of aliphatic hydroxyl groups excluding tert-OH is 11. The number of ether oxygens (including phenoxy) is 6. The standard InChI is InChI=1S/C63H114N2O21/c1-4-6-8-10-12-14-16-18-19-20-21-22-23-25-27-29-31-33-35-37-50(73)65-44(45(70)36-34-32-30-28-26-24-17-15-13-11-9-7-5-2)42-81-60-55(77)54(76)57(49(41-68)83-60)84-61-56(78)59(53(75)48(40-67)82-61)86-63(62(79)80)38-46(71)51(64-43(3)69)58(85-63)52(74)47(72)39-66/h18-19,34,36,44-49,51-61,66-68,70-72,74-78H,4-17,20-33,35,37-42H2,1-3H3,(H,64,69)(H,65,73)(H,79,80). The van der Waals surface area contributed by atoms with E-state index >= 15 is 0 Å². The fraction of sp³-hybridized carbons (Fsp3) is 0.889. The summed E-state index contributed by atoms with van der Waals surface area (Å²) >= 11 is 0. The molecule has 0 aromatic rings. The van der Waals surface area contributed by atoms with Crippen molar-refractivity contribution in [1.29, 1.82) is 0 Å². The Morgan fingerprint density at radius 3 is 1.58 bits per heavy atom. The van der Waals surface area contributed by atoms with E-state index in [4.69, 9.17) is 28.4 Å². The molecule has 23 heteroatoms. The number of carboxylic acids is 1. The van der Waals surface area contributed by atoms with Gasteiger partial charge in [-0.05, 0) is 44.9 Å². The zero-order valence-corrected chi connectivity index (χ0v) is 51.9. The van der Waals surface area contributed by atoms with Crippen LogP contribution >= 0.6 is 0 Å². The average Bonchev–Trinajstić information content (AvgIpc) is 2.74. The molecule has 86 heavy (non-hydrogen) atoms. The lowest BCUT2D eigenvalue weighted by atomic mass is 9.88. The van der Waals surface area contributed by atoms with E-state index in [2.05, 4.69) is 36.6 Å². The summed E-state index contributed by atoms with van der Waals surface area (Å²) in [5.41, 5.74) is 0. The summed E-state index contributed by atoms with van der Waals surface area (Å²) in [4.78, 5) is 38.4. The van der Waals surface area contributed by atoms with Gasteiger partial charge in [0.2, 0.25) is 11.8 Å². The summed E-state index contributed by atoms with van der Waals surface area (Å²) in [5.74, 6) is -6.15. The number of hydrogen-bond donors (Lipinski definition) is 14. The molecule has 3 aliphatic heterocycles. The number of allylic oxidation sites excluding steroid dienone is 3. The summed E-state index contributed by atoms with van der Waals surface area (Å²) in [6.45, 7) is 2.10. The molecule has 14 N–H and O–H groups in total. The Balaban J connectivity index is 1.63. The maximum absolute atomic E-state index is 13.4. The monoisotopic (exact) mass is 1230 g/mol. The number of carboxylic acid groups (broad SMARTS) is 1. The molecule has 18 atom stereocenters. The second-order valence-electron chi connectivity index (χ2n) is 24.0. The lowest BCUT2D eigenvalue weighted by molar-refractivity contribution is -0.386. The van der Waals surface area contributed by atoms with Crippen LogP contribution in [-0.2, 0) is 42.8 Å². The summed E-state index contributed by atoms with van der Waals surface area (Å²) in [7, 11) is 0.